The molecule has 1 unspecified atom stereocenters. The number of nitrogens with two attached hydrogens (primary N) is 1. The number of carbonyl (C=O) groups is 2. The van der Waals surface area contributed by atoms with E-state index in [2.05, 4.69) is 15.7 Å². The number of benzene rings is 1. The molecule has 0 radical (unpaired) electrons. The van der Waals surface area contributed by atoms with Gasteiger partial charge in [0.2, 0.25) is 0 Å². The van der Waals surface area contributed by atoms with Crippen LogP contribution in [0.15, 0.2) is 24.4 Å². The van der Waals surface area contributed by atoms with Gasteiger partial charge in [-0.25, -0.2) is 4.79 Å². The number of nitrogens with zero attached hydrogens (tertiary/aromatic N) is 2. The Labute approximate surface area is 116 Å². The summed E-state index contributed by atoms with van der Waals surface area (Å²) >= 11 is 0. The zero-order chi connectivity index (χ0) is 14.7. The highest BCUT2D eigenvalue weighted by Gasteiger charge is 2.19. The highest BCUT2D eigenvalue weighted by molar-refractivity contribution is 5.96. The van der Waals surface area contributed by atoms with Gasteiger partial charge < -0.3 is 11.1 Å². The second kappa shape index (κ2) is 5.60. The summed E-state index contributed by atoms with van der Waals surface area (Å²) in [5.41, 5.74) is 7.09. The topological polar surface area (TPSA) is 102 Å². The summed E-state index contributed by atoms with van der Waals surface area (Å²) in [6.45, 7) is 3.90. The van der Waals surface area contributed by atoms with Crippen LogP contribution in [0.3, 0.4) is 0 Å². The van der Waals surface area contributed by atoms with Crippen LogP contribution in [0.2, 0.25) is 0 Å². The summed E-state index contributed by atoms with van der Waals surface area (Å²) in [4.78, 5) is 23.3. The number of anilines is 1. The molecule has 2 rings (SSSR count). The lowest BCUT2D eigenvalue weighted by Crippen LogP contribution is -2.42. The van der Waals surface area contributed by atoms with E-state index in [9.17, 15) is 9.59 Å². The summed E-state index contributed by atoms with van der Waals surface area (Å²) in [7, 11) is 0. The van der Waals surface area contributed by atoms with Gasteiger partial charge in [0.15, 0.2) is 0 Å². The predicted octanol–water partition coefficient (Wildman–Crippen LogP) is 1.03. The fourth-order valence-electron chi connectivity index (χ4n) is 1.90. The number of nitrogen functional groups attached to an aromatic ring is 1. The van der Waals surface area contributed by atoms with E-state index in [1.54, 1.807) is 36.9 Å². The maximum Gasteiger partial charge on any atom is 0.321 e. The first-order valence-electron chi connectivity index (χ1n) is 6.34. The molecule has 0 saturated heterocycles. The first-order chi connectivity index (χ1) is 9.52. The van der Waals surface area contributed by atoms with E-state index in [-0.39, 0.29) is 0 Å². The van der Waals surface area contributed by atoms with Crippen molar-refractivity contribution in [3.05, 3.63) is 24.4 Å². The molecule has 1 aromatic carbocycles. The third kappa shape index (κ3) is 2.71. The molecular formula is C13H17N5O2. The van der Waals surface area contributed by atoms with Gasteiger partial charge in [-0.05, 0) is 32.0 Å². The van der Waals surface area contributed by atoms with Crippen molar-refractivity contribution in [1.29, 1.82) is 0 Å². The number of fused-ring (bicyclic) bond motifs is 1. The van der Waals surface area contributed by atoms with Gasteiger partial charge in [-0.1, -0.05) is 0 Å². The number of rotatable bonds is 3. The Kier molecular flexibility index (Phi) is 3.88. The molecule has 1 atom stereocenters. The molecule has 1 heterocycles. The minimum absolute atomic E-state index is 0.427. The normalized spacial score (nSPS) is 12.1. The highest BCUT2D eigenvalue weighted by Crippen LogP contribution is 2.20. The molecule has 20 heavy (non-hydrogen) atoms. The second-order valence-electron chi connectivity index (χ2n) is 4.43. The Morgan fingerprint density at radius 1 is 1.45 bits per heavy atom. The number of amides is 3. The zero-order valence-corrected chi connectivity index (χ0v) is 11.4. The Morgan fingerprint density at radius 3 is 2.90 bits per heavy atom. The molecule has 106 valence electrons. The first-order valence-corrected chi connectivity index (χ1v) is 6.34. The quantitative estimate of drug-likeness (QED) is 0.728. The van der Waals surface area contributed by atoms with Gasteiger partial charge in [0.1, 0.15) is 6.04 Å². The lowest BCUT2D eigenvalue weighted by Gasteiger charge is -2.13. The SMILES string of the molecule is CCNC(=O)NC(=O)C(C)n1ncc2ccc(N)cc21. The van der Waals surface area contributed by atoms with Crippen LogP contribution < -0.4 is 16.4 Å². The molecular weight excluding hydrogens is 258 g/mol. The Morgan fingerprint density at radius 2 is 2.20 bits per heavy atom. The summed E-state index contributed by atoms with van der Waals surface area (Å²) in [6, 6.07) is 4.23. The zero-order valence-electron chi connectivity index (χ0n) is 11.4. The molecule has 1 aromatic heterocycles. The van der Waals surface area contributed by atoms with Crippen LogP contribution in [0.4, 0.5) is 10.5 Å². The number of aromatic nitrogens is 2. The molecule has 7 heteroatoms. The van der Waals surface area contributed by atoms with E-state index in [1.165, 1.54) is 0 Å². The van der Waals surface area contributed by atoms with E-state index in [0.29, 0.717) is 12.2 Å². The van der Waals surface area contributed by atoms with Gasteiger partial charge in [0.05, 0.1) is 11.7 Å². The van der Waals surface area contributed by atoms with Crippen molar-refractivity contribution in [1.82, 2.24) is 20.4 Å². The van der Waals surface area contributed by atoms with Gasteiger partial charge >= 0.3 is 6.03 Å². The van der Waals surface area contributed by atoms with Gasteiger partial charge in [0, 0.05) is 17.6 Å². The minimum Gasteiger partial charge on any atom is -0.399 e. The van der Waals surface area contributed by atoms with E-state index < -0.39 is 18.0 Å². The number of hydrogen-bond donors (Lipinski definition) is 3. The number of carbonyl (C=O) groups excluding carboxylic acids is 2. The fourth-order valence-corrected chi connectivity index (χ4v) is 1.90. The summed E-state index contributed by atoms with van der Waals surface area (Å²) in [5, 5.41) is 9.83. The number of urea groups is 1. The number of nitrogens with one attached hydrogen (secondary N) is 2. The third-order valence-corrected chi connectivity index (χ3v) is 2.94. The standard InChI is InChI=1S/C13H17N5O2/c1-3-15-13(20)17-12(19)8(2)18-11-6-10(14)5-4-9(11)7-16-18/h4-8H,3,14H2,1-2H3,(H2,15,17,19,20). The lowest BCUT2D eigenvalue weighted by molar-refractivity contribution is -0.122. The van der Waals surface area contributed by atoms with E-state index in [1.807, 2.05) is 6.07 Å². The first kappa shape index (κ1) is 13.9. The van der Waals surface area contributed by atoms with Crippen LogP contribution in [0.5, 0.6) is 0 Å². The number of hydrogen-bond acceptors (Lipinski definition) is 4. The molecule has 0 aliphatic carbocycles. The smallest absolute Gasteiger partial charge is 0.321 e. The molecule has 0 fully saturated rings. The van der Waals surface area contributed by atoms with Gasteiger partial charge in [-0.15, -0.1) is 0 Å². The van der Waals surface area contributed by atoms with Crippen LogP contribution in [0.1, 0.15) is 19.9 Å². The van der Waals surface area contributed by atoms with Crippen molar-refractivity contribution < 1.29 is 9.59 Å². The molecule has 0 bridgehead atoms. The predicted molar refractivity (Wildman–Crippen MR) is 76.1 cm³/mol. The maximum absolute atomic E-state index is 12.0. The largest absolute Gasteiger partial charge is 0.399 e. The van der Waals surface area contributed by atoms with E-state index in [0.717, 1.165) is 10.9 Å². The van der Waals surface area contributed by atoms with Crippen LogP contribution in [-0.2, 0) is 4.79 Å². The van der Waals surface area contributed by atoms with Gasteiger partial charge in [-0.2, -0.15) is 5.10 Å². The van der Waals surface area contributed by atoms with Crippen LogP contribution >= 0.6 is 0 Å². The molecule has 0 saturated carbocycles. The van der Waals surface area contributed by atoms with E-state index in [4.69, 9.17) is 5.73 Å². The molecule has 4 N–H and O–H groups in total. The highest BCUT2D eigenvalue weighted by atomic mass is 16.2. The Bertz CT molecular complexity index is 649. The Balaban J connectivity index is 2.22. The van der Waals surface area contributed by atoms with Crippen molar-refractivity contribution in [3.63, 3.8) is 0 Å². The van der Waals surface area contributed by atoms with Gasteiger partial charge in [-0.3, -0.25) is 14.8 Å². The van der Waals surface area contributed by atoms with Crippen molar-refractivity contribution in [2.24, 2.45) is 0 Å². The van der Waals surface area contributed by atoms with E-state index >= 15 is 0 Å². The minimum atomic E-state index is -0.614. The van der Waals surface area contributed by atoms with Crippen molar-refractivity contribution in [2.75, 3.05) is 12.3 Å². The molecule has 7 nitrogen and oxygen atoms in total. The fraction of sp³-hybridized carbons (Fsp3) is 0.308. The monoisotopic (exact) mass is 275 g/mol. The molecule has 0 spiro atoms. The van der Waals surface area contributed by atoms with Crippen molar-refractivity contribution in [2.45, 2.75) is 19.9 Å². The average molecular weight is 275 g/mol. The lowest BCUT2D eigenvalue weighted by atomic mass is 10.2. The summed E-state index contributed by atoms with van der Waals surface area (Å²) in [6.07, 6.45) is 1.66. The summed E-state index contributed by atoms with van der Waals surface area (Å²) < 4.78 is 1.54. The molecule has 2 aromatic rings. The maximum atomic E-state index is 12.0. The van der Waals surface area contributed by atoms with Crippen LogP contribution in [-0.4, -0.2) is 28.3 Å². The number of imide groups is 1. The van der Waals surface area contributed by atoms with Crippen LogP contribution in [0, 0.1) is 0 Å². The molecule has 3 amide bonds. The summed E-state index contributed by atoms with van der Waals surface area (Å²) in [5.74, 6) is -0.427. The third-order valence-electron chi connectivity index (χ3n) is 2.94. The van der Waals surface area contributed by atoms with Crippen LogP contribution in [0.25, 0.3) is 10.9 Å². The Hall–Kier alpha value is -2.57. The van der Waals surface area contributed by atoms with Gasteiger partial charge in [0.25, 0.3) is 5.91 Å². The molecule has 0 aliphatic heterocycles. The average Bonchev–Trinajstić information content (AvgIpc) is 2.80. The van der Waals surface area contributed by atoms with Crippen molar-refractivity contribution >= 4 is 28.5 Å². The van der Waals surface area contributed by atoms with Crippen molar-refractivity contribution in [3.8, 4) is 0 Å². The second-order valence-corrected chi connectivity index (χ2v) is 4.43. The molecule has 0 aliphatic rings.